The second kappa shape index (κ2) is 6.55. The lowest BCUT2D eigenvalue weighted by molar-refractivity contribution is -0.132. The normalized spacial score (nSPS) is 18.9. The zero-order valence-electron chi connectivity index (χ0n) is 12.4. The number of nitrogens with zero attached hydrogens (tertiary/aromatic N) is 5. The molecule has 0 aliphatic carbocycles. The molecule has 1 aromatic heterocycles. The van der Waals surface area contributed by atoms with Crippen LogP contribution in [-0.2, 0) is 11.3 Å². The second-order valence-electron chi connectivity index (χ2n) is 5.61. The molecule has 1 aromatic carbocycles. The minimum atomic E-state index is 0.0210. The van der Waals surface area contributed by atoms with Crippen LogP contribution in [0.25, 0.3) is 0 Å². The predicted molar refractivity (Wildman–Crippen MR) is 81.8 cm³/mol. The lowest BCUT2D eigenvalue weighted by atomic mass is 9.92. The Labute approximate surface area is 129 Å². The molecule has 22 heavy (non-hydrogen) atoms. The fourth-order valence-corrected chi connectivity index (χ4v) is 2.96. The average molecular weight is 300 g/mol. The number of nitrogen functional groups attached to an aromatic ring is 1. The maximum Gasteiger partial charge on any atom is 0.244 e. The molecule has 1 amide bonds. The third-order valence-electron chi connectivity index (χ3n) is 4.20. The summed E-state index contributed by atoms with van der Waals surface area (Å²) in [6, 6.07) is 10.5. The maximum absolute atomic E-state index is 12.4. The lowest BCUT2D eigenvalue weighted by Gasteiger charge is -2.20. The summed E-state index contributed by atoms with van der Waals surface area (Å²) in [5.41, 5.74) is 6.97. The Balaban J connectivity index is 1.60. The minimum Gasteiger partial charge on any atom is -0.367 e. The molecular weight excluding hydrogens is 280 g/mol. The van der Waals surface area contributed by atoms with Crippen molar-refractivity contribution in [2.24, 2.45) is 0 Å². The fraction of sp³-hybridized carbons (Fsp3) is 0.467. The van der Waals surface area contributed by atoms with Crippen molar-refractivity contribution in [3.05, 3.63) is 35.9 Å². The van der Waals surface area contributed by atoms with Crippen LogP contribution in [0, 0.1) is 0 Å². The SMILES string of the molecule is Nc1nnnn1CC(=O)N1CCCC(c2ccccc2)CC1. The van der Waals surface area contributed by atoms with Gasteiger partial charge in [-0.15, -0.1) is 0 Å². The molecule has 1 aliphatic heterocycles. The first-order valence-corrected chi connectivity index (χ1v) is 7.58. The van der Waals surface area contributed by atoms with Gasteiger partial charge in [-0.3, -0.25) is 4.79 Å². The summed E-state index contributed by atoms with van der Waals surface area (Å²) in [5, 5.41) is 10.8. The summed E-state index contributed by atoms with van der Waals surface area (Å²) in [5.74, 6) is 0.718. The van der Waals surface area contributed by atoms with Gasteiger partial charge in [0.25, 0.3) is 0 Å². The zero-order chi connectivity index (χ0) is 15.4. The van der Waals surface area contributed by atoms with Crippen molar-refractivity contribution in [2.75, 3.05) is 18.8 Å². The summed E-state index contributed by atoms with van der Waals surface area (Å²) in [7, 11) is 0. The van der Waals surface area contributed by atoms with Crippen molar-refractivity contribution < 1.29 is 4.79 Å². The van der Waals surface area contributed by atoms with Crippen LogP contribution in [0.1, 0.15) is 30.7 Å². The Morgan fingerprint density at radius 2 is 2.05 bits per heavy atom. The highest BCUT2D eigenvalue weighted by Crippen LogP contribution is 2.27. The Kier molecular flexibility index (Phi) is 4.32. The summed E-state index contributed by atoms with van der Waals surface area (Å²) < 4.78 is 1.34. The number of rotatable bonds is 3. The average Bonchev–Trinajstić information content (AvgIpc) is 2.80. The fourth-order valence-electron chi connectivity index (χ4n) is 2.96. The van der Waals surface area contributed by atoms with E-state index in [0.717, 1.165) is 32.4 Å². The van der Waals surface area contributed by atoms with Crippen molar-refractivity contribution in [3.63, 3.8) is 0 Å². The van der Waals surface area contributed by atoms with Crippen LogP contribution in [0.3, 0.4) is 0 Å². The number of benzene rings is 1. The number of amides is 1. The molecule has 2 aromatic rings. The smallest absolute Gasteiger partial charge is 0.244 e. The third kappa shape index (κ3) is 3.24. The van der Waals surface area contributed by atoms with Gasteiger partial charge >= 0.3 is 0 Å². The molecule has 1 atom stereocenters. The predicted octanol–water partition coefficient (Wildman–Crippen LogP) is 1.05. The van der Waals surface area contributed by atoms with E-state index in [9.17, 15) is 4.79 Å². The van der Waals surface area contributed by atoms with E-state index in [2.05, 4.69) is 39.8 Å². The van der Waals surface area contributed by atoms with Gasteiger partial charge < -0.3 is 10.6 Å². The van der Waals surface area contributed by atoms with Gasteiger partial charge in [0.1, 0.15) is 6.54 Å². The second-order valence-corrected chi connectivity index (χ2v) is 5.61. The summed E-state index contributed by atoms with van der Waals surface area (Å²) >= 11 is 0. The van der Waals surface area contributed by atoms with Crippen LogP contribution >= 0.6 is 0 Å². The molecule has 2 N–H and O–H groups in total. The number of hydrogen-bond acceptors (Lipinski definition) is 5. The Morgan fingerprint density at radius 3 is 2.77 bits per heavy atom. The number of carbonyl (C=O) groups excluding carboxylic acids is 1. The van der Waals surface area contributed by atoms with Crippen molar-refractivity contribution in [1.29, 1.82) is 0 Å². The Morgan fingerprint density at radius 1 is 1.23 bits per heavy atom. The zero-order valence-corrected chi connectivity index (χ0v) is 12.4. The molecule has 1 saturated heterocycles. The largest absolute Gasteiger partial charge is 0.367 e. The van der Waals surface area contributed by atoms with Crippen molar-refractivity contribution >= 4 is 11.9 Å². The number of nitrogens with two attached hydrogens (primary N) is 1. The van der Waals surface area contributed by atoms with Gasteiger partial charge in [0, 0.05) is 13.1 Å². The van der Waals surface area contributed by atoms with E-state index in [-0.39, 0.29) is 18.4 Å². The molecule has 0 spiro atoms. The first-order valence-electron chi connectivity index (χ1n) is 7.58. The van der Waals surface area contributed by atoms with E-state index in [1.807, 2.05) is 11.0 Å². The number of hydrogen-bond donors (Lipinski definition) is 1. The molecule has 1 fully saturated rings. The van der Waals surface area contributed by atoms with Gasteiger partial charge in [-0.25, -0.2) is 4.68 Å². The topological polar surface area (TPSA) is 89.9 Å². The van der Waals surface area contributed by atoms with E-state index in [4.69, 9.17) is 5.73 Å². The molecule has 1 unspecified atom stereocenters. The molecule has 116 valence electrons. The molecule has 1 aliphatic rings. The third-order valence-corrected chi connectivity index (χ3v) is 4.20. The molecular formula is C15H20N6O. The van der Waals surface area contributed by atoms with Crippen molar-refractivity contribution in [3.8, 4) is 0 Å². The standard InChI is InChI=1S/C15H20N6O/c16-15-17-18-19-21(15)11-14(22)20-9-4-7-13(8-10-20)12-5-2-1-3-6-12/h1-3,5-6,13H,4,7-11H2,(H2,16,17,19). The van der Waals surface area contributed by atoms with Crippen LogP contribution in [-0.4, -0.2) is 44.1 Å². The monoisotopic (exact) mass is 300 g/mol. The highest BCUT2D eigenvalue weighted by Gasteiger charge is 2.22. The van der Waals surface area contributed by atoms with E-state index in [1.165, 1.54) is 10.2 Å². The first kappa shape index (κ1) is 14.5. The molecule has 3 rings (SSSR count). The first-order chi connectivity index (χ1) is 10.7. The highest BCUT2D eigenvalue weighted by atomic mass is 16.2. The van der Waals surface area contributed by atoms with Gasteiger partial charge in [0.2, 0.25) is 11.9 Å². The molecule has 7 heteroatoms. The van der Waals surface area contributed by atoms with E-state index >= 15 is 0 Å². The molecule has 2 heterocycles. The van der Waals surface area contributed by atoms with Crippen molar-refractivity contribution in [2.45, 2.75) is 31.7 Å². The lowest BCUT2D eigenvalue weighted by Crippen LogP contribution is -2.35. The van der Waals surface area contributed by atoms with Gasteiger partial charge in [0.05, 0.1) is 0 Å². The van der Waals surface area contributed by atoms with Crippen LogP contribution < -0.4 is 5.73 Å². The number of tetrazole rings is 1. The highest BCUT2D eigenvalue weighted by molar-refractivity contribution is 5.76. The quantitative estimate of drug-likeness (QED) is 0.915. The molecule has 7 nitrogen and oxygen atoms in total. The number of anilines is 1. The van der Waals surface area contributed by atoms with Crippen LogP contribution in [0.5, 0.6) is 0 Å². The molecule has 0 bridgehead atoms. The molecule has 0 saturated carbocycles. The van der Waals surface area contributed by atoms with Gasteiger partial charge in [-0.2, -0.15) is 0 Å². The van der Waals surface area contributed by atoms with Crippen LogP contribution in [0.15, 0.2) is 30.3 Å². The summed E-state index contributed by atoms with van der Waals surface area (Å²) in [4.78, 5) is 14.3. The van der Waals surface area contributed by atoms with Crippen LogP contribution in [0.2, 0.25) is 0 Å². The van der Waals surface area contributed by atoms with E-state index in [1.54, 1.807) is 0 Å². The van der Waals surface area contributed by atoms with Gasteiger partial charge in [-0.05, 0) is 41.2 Å². The maximum atomic E-state index is 12.4. The van der Waals surface area contributed by atoms with Crippen molar-refractivity contribution in [1.82, 2.24) is 25.1 Å². The van der Waals surface area contributed by atoms with E-state index < -0.39 is 0 Å². The summed E-state index contributed by atoms with van der Waals surface area (Å²) in [6.07, 6.45) is 3.11. The summed E-state index contributed by atoms with van der Waals surface area (Å²) in [6.45, 7) is 1.65. The number of likely N-dealkylation sites (tertiary alicyclic amines) is 1. The Hall–Kier alpha value is -2.44. The number of carbonyl (C=O) groups is 1. The van der Waals surface area contributed by atoms with Crippen LogP contribution in [0.4, 0.5) is 5.95 Å². The van der Waals surface area contributed by atoms with Gasteiger partial charge in [-0.1, -0.05) is 35.4 Å². The Bertz CT molecular complexity index is 626. The van der Waals surface area contributed by atoms with E-state index in [0.29, 0.717) is 5.92 Å². The minimum absolute atomic E-state index is 0.0210. The van der Waals surface area contributed by atoms with Gasteiger partial charge in [0.15, 0.2) is 0 Å². The molecule has 0 radical (unpaired) electrons. The number of aromatic nitrogens is 4.